The van der Waals surface area contributed by atoms with Gasteiger partial charge in [0.25, 0.3) is 0 Å². The van der Waals surface area contributed by atoms with Crippen LogP contribution in [0.25, 0.3) is 0 Å². The van der Waals surface area contributed by atoms with Crippen LogP contribution in [0.1, 0.15) is 25.3 Å². The molecule has 0 radical (unpaired) electrons. The summed E-state index contributed by atoms with van der Waals surface area (Å²) in [4.78, 5) is 13.6. The molecule has 0 bridgehead atoms. The van der Waals surface area contributed by atoms with Gasteiger partial charge in [0.05, 0.1) is 18.5 Å². The van der Waals surface area contributed by atoms with E-state index in [4.69, 9.17) is 17.0 Å². The number of carbonyl (C=O) groups excluding carboxylic acids is 1. The van der Waals surface area contributed by atoms with E-state index in [1.165, 1.54) is 0 Å². The molecule has 0 aliphatic carbocycles. The summed E-state index contributed by atoms with van der Waals surface area (Å²) in [5.41, 5.74) is 6.29. The minimum Gasteiger partial charge on any atom is -0.495 e. The normalized spacial score (nSPS) is 14.2. The van der Waals surface area contributed by atoms with Gasteiger partial charge in [-0.05, 0) is 55.4 Å². The topological polar surface area (TPSA) is 66.0 Å². The first-order chi connectivity index (χ1) is 13.1. The summed E-state index contributed by atoms with van der Waals surface area (Å²) in [5, 5.41) is 7.77. The highest BCUT2D eigenvalue weighted by atomic mass is 32.1. The number of amides is 1. The lowest BCUT2D eigenvalue weighted by Crippen LogP contribution is -2.25. The van der Waals surface area contributed by atoms with Crippen molar-refractivity contribution in [2.75, 3.05) is 23.9 Å². The number of methoxy groups -OCH3 is 1. The summed E-state index contributed by atoms with van der Waals surface area (Å²) in [5.74, 6) is 0.886. The Labute approximate surface area is 164 Å². The summed E-state index contributed by atoms with van der Waals surface area (Å²) < 4.78 is 5.29. The van der Waals surface area contributed by atoms with Crippen molar-refractivity contribution >= 4 is 40.3 Å². The van der Waals surface area contributed by atoms with E-state index in [0.717, 1.165) is 35.6 Å². The molecular formula is C20H22N4O2S. The molecule has 1 saturated heterocycles. The smallest absolute Gasteiger partial charge is 0.227 e. The van der Waals surface area contributed by atoms with Gasteiger partial charge < -0.3 is 15.0 Å². The maximum absolute atomic E-state index is 11.8. The molecule has 1 heterocycles. The number of benzene rings is 2. The van der Waals surface area contributed by atoms with Gasteiger partial charge in [-0.1, -0.05) is 24.3 Å². The van der Waals surface area contributed by atoms with E-state index >= 15 is 0 Å². The highest BCUT2D eigenvalue weighted by molar-refractivity contribution is 7.80. The Morgan fingerprint density at radius 1 is 1.19 bits per heavy atom. The van der Waals surface area contributed by atoms with Crippen molar-refractivity contribution in [2.24, 2.45) is 5.10 Å². The van der Waals surface area contributed by atoms with Crippen molar-refractivity contribution < 1.29 is 9.53 Å². The minimum absolute atomic E-state index is 0.183. The number of rotatable bonds is 5. The molecule has 2 aromatic carbocycles. The van der Waals surface area contributed by atoms with Gasteiger partial charge in [-0.25, -0.2) is 0 Å². The van der Waals surface area contributed by atoms with Crippen LogP contribution in [0.4, 0.5) is 11.4 Å². The largest absolute Gasteiger partial charge is 0.495 e. The summed E-state index contributed by atoms with van der Waals surface area (Å²) in [6, 6.07) is 15.3. The summed E-state index contributed by atoms with van der Waals surface area (Å²) in [6.07, 6.45) is 1.55. The van der Waals surface area contributed by atoms with E-state index in [9.17, 15) is 4.79 Å². The molecule has 1 aliphatic rings. The number of anilines is 2. The van der Waals surface area contributed by atoms with Crippen molar-refractivity contribution in [3.8, 4) is 5.75 Å². The van der Waals surface area contributed by atoms with Crippen LogP contribution in [0.5, 0.6) is 5.75 Å². The Morgan fingerprint density at radius 2 is 1.93 bits per heavy atom. The number of thiocarbonyl (C=S) groups is 1. The Kier molecular flexibility index (Phi) is 6.03. The lowest BCUT2D eigenvalue weighted by atomic mass is 10.1. The molecule has 2 aromatic rings. The number of para-hydroxylation sites is 2. The first-order valence-corrected chi connectivity index (χ1v) is 9.14. The number of ether oxygens (including phenoxy) is 1. The van der Waals surface area contributed by atoms with Gasteiger partial charge in [-0.2, -0.15) is 5.10 Å². The molecule has 0 atom stereocenters. The maximum Gasteiger partial charge on any atom is 0.227 e. The predicted molar refractivity (Wildman–Crippen MR) is 113 cm³/mol. The van der Waals surface area contributed by atoms with Gasteiger partial charge in [0.1, 0.15) is 5.75 Å². The number of nitrogens with one attached hydrogen (secondary N) is 2. The van der Waals surface area contributed by atoms with Crippen LogP contribution in [-0.2, 0) is 4.79 Å². The minimum atomic E-state index is 0.183. The lowest BCUT2D eigenvalue weighted by molar-refractivity contribution is -0.117. The molecular weight excluding hydrogens is 360 g/mol. The molecule has 3 rings (SSSR count). The monoisotopic (exact) mass is 382 g/mol. The average molecular weight is 382 g/mol. The zero-order valence-corrected chi connectivity index (χ0v) is 16.2. The molecule has 1 amide bonds. The van der Waals surface area contributed by atoms with E-state index in [-0.39, 0.29) is 5.91 Å². The fourth-order valence-electron chi connectivity index (χ4n) is 2.90. The number of nitrogens with zero attached hydrogens (tertiary/aromatic N) is 2. The summed E-state index contributed by atoms with van der Waals surface area (Å²) in [6.45, 7) is 2.68. The van der Waals surface area contributed by atoms with Crippen molar-refractivity contribution in [1.29, 1.82) is 0 Å². The second kappa shape index (κ2) is 8.64. The number of hydrogen-bond donors (Lipinski definition) is 2. The van der Waals surface area contributed by atoms with Gasteiger partial charge in [0, 0.05) is 18.7 Å². The Balaban J connectivity index is 1.61. The Morgan fingerprint density at radius 3 is 2.59 bits per heavy atom. The molecule has 27 heavy (non-hydrogen) atoms. The van der Waals surface area contributed by atoms with E-state index in [2.05, 4.69) is 15.8 Å². The molecule has 7 heteroatoms. The summed E-state index contributed by atoms with van der Waals surface area (Å²) >= 11 is 5.29. The molecule has 0 spiro atoms. The van der Waals surface area contributed by atoms with Crippen LogP contribution in [0, 0.1) is 0 Å². The highest BCUT2D eigenvalue weighted by Crippen LogP contribution is 2.23. The molecule has 1 aliphatic heterocycles. The van der Waals surface area contributed by atoms with Crippen LogP contribution in [0.15, 0.2) is 53.6 Å². The zero-order chi connectivity index (χ0) is 19.2. The number of carbonyl (C=O) groups is 1. The Hall–Kier alpha value is -2.93. The van der Waals surface area contributed by atoms with E-state index in [0.29, 0.717) is 17.3 Å². The van der Waals surface area contributed by atoms with E-state index < -0.39 is 0 Å². The van der Waals surface area contributed by atoms with E-state index in [1.54, 1.807) is 7.11 Å². The highest BCUT2D eigenvalue weighted by Gasteiger charge is 2.21. The SMILES string of the molecule is COc1ccccc1NC(=S)N/N=C(/C)c1ccc(N2CCCC2=O)cc1. The fraction of sp³-hybridized carbons (Fsp3) is 0.250. The van der Waals surface area contributed by atoms with Crippen LogP contribution < -0.4 is 20.4 Å². The first-order valence-electron chi connectivity index (χ1n) is 8.73. The third-order valence-electron chi connectivity index (χ3n) is 4.35. The van der Waals surface area contributed by atoms with Gasteiger partial charge in [-0.15, -0.1) is 0 Å². The molecule has 0 saturated carbocycles. The van der Waals surface area contributed by atoms with E-state index in [1.807, 2.05) is 60.4 Å². The summed E-state index contributed by atoms with van der Waals surface area (Å²) in [7, 11) is 1.61. The molecule has 1 fully saturated rings. The quantitative estimate of drug-likeness (QED) is 0.470. The lowest BCUT2D eigenvalue weighted by Gasteiger charge is -2.16. The third kappa shape index (κ3) is 4.62. The maximum atomic E-state index is 11.8. The predicted octanol–water partition coefficient (Wildman–Crippen LogP) is 3.53. The third-order valence-corrected chi connectivity index (χ3v) is 4.54. The van der Waals surface area contributed by atoms with Crippen LogP contribution in [0.2, 0.25) is 0 Å². The second-order valence-electron chi connectivity index (χ2n) is 6.16. The van der Waals surface area contributed by atoms with Gasteiger partial charge in [-0.3, -0.25) is 10.2 Å². The van der Waals surface area contributed by atoms with Crippen molar-refractivity contribution in [1.82, 2.24) is 5.43 Å². The van der Waals surface area contributed by atoms with Gasteiger partial charge >= 0.3 is 0 Å². The second-order valence-corrected chi connectivity index (χ2v) is 6.57. The number of hydrogen-bond acceptors (Lipinski definition) is 4. The van der Waals surface area contributed by atoms with Gasteiger partial charge in [0.15, 0.2) is 5.11 Å². The molecule has 6 nitrogen and oxygen atoms in total. The van der Waals surface area contributed by atoms with Crippen LogP contribution in [-0.4, -0.2) is 30.4 Å². The standard InChI is InChI=1S/C20H22N4O2S/c1-14(15-9-11-16(12-10-15)24-13-5-8-19(24)25)22-23-20(27)21-17-6-3-4-7-18(17)26-2/h3-4,6-7,9-12H,5,8,13H2,1-2H3,(H2,21,23,27)/b22-14-. The van der Waals surface area contributed by atoms with Gasteiger partial charge in [0.2, 0.25) is 5.91 Å². The molecule has 0 unspecified atom stereocenters. The van der Waals surface area contributed by atoms with Crippen molar-refractivity contribution in [3.05, 3.63) is 54.1 Å². The van der Waals surface area contributed by atoms with Crippen molar-refractivity contribution in [2.45, 2.75) is 19.8 Å². The molecule has 140 valence electrons. The zero-order valence-electron chi connectivity index (χ0n) is 15.4. The van der Waals surface area contributed by atoms with Crippen LogP contribution >= 0.6 is 12.2 Å². The molecule has 2 N–H and O–H groups in total. The fourth-order valence-corrected chi connectivity index (χ4v) is 3.06. The van der Waals surface area contributed by atoms with Crippen LogP contribution in [0.3, 0.4) is 0 Å². The first kappa shape index (κ1) is 18.8. The Bertz CT molecular complexity index is 865. The number of hydrazone groups is 1. The molecule has 0 aromatic heterocycles. The average Bonchev–Trinajstić information content (AvgIpc) is 3.12. The van der Waals surface area contributed by atoms with Crippen molar-refractivity contribution in [3.63, 3.8) is 0 Å².